The van der Waals surface area contributed by atoms with Crippen LogP contribution in [0.15, 0.2) is 17.2 Å². The van der Waals surface area contributed by atoms with Gasteiger partial charge in [0.1, 0.15) is 5.56 Å². The van der Waals surface area contributed by atoms with Crippen molar-refractivity contribution in [2.75, 3.05) is 5.32 Å². The zero-order chi connectivity index (χ0) is 15.9. The van der Waals surface area contributed by atoms with Gasteiger partial charge in [-0.25, -0.2) is 5.10 Å². The number of rotatable bonds is 4. The maximum absolute atomic E-state index is 12.3. The number of H-pyrrole nitrogens is 1. The van der Waals surface area contributed by atoms with Crippen LogP contribution in [0.1, 0.15) is 47.4 Å². The summed E-state index contributed by atoms with van der Waals surface area (Å²) >= 11 is 0. The highest BCUT2D eigenvalue weighted by Gasteiger charge is 2.29. The van der Waals surface area contributed by atoms with Crippen LogP contribution >= 0.6 is 0 Å². The fraction of sp³-hybridized carbons (Fsp3) is 0.467. The molecular weight excluding hydrogens is 282 g/mol. The first kappa shape index (κ1) is 14.5. The molecule has 1 fully saturated rings. The van der Waals surface area contributed by atoms with Gasteiger partial charge in [-0.1, -0.05) is 0 Å². The lowest BCUT2D eigenvalue weighted by molar-refractivity contribution is 0.102. The minimum atomic E-state index is -0.487. The summed E-state index contributed by atoms with van der Waals surface area (Å²) in [5.41, 5.74) is 1.41. The van der Waals surface area contributed by atoms with Crippen molar-refractivity contribution >= 4 is 11.6 Å². The van der Waals surface area contributed by atoms with Crippen molar-refractivity contribution in [1.29, 1.82) is 0 Å². The van der Waals surface area contributed by atoms with Crippen molar-refractivity contribution in [2.45, 2.75) is 39.7 Å². The number of hydrogen-bond donors (Lipinski definition) is 2. The number of anilines is 1. The number of aromatic amines is 1. The normalized spacial score (nSPS) is 15.6. The molecule has 1 aliphatic carbocycles. The highest BCUT2D eigenvalue weighted by atomic mass is 16.2. The number of amides is 1. The second-order valence-corrected chi connectivity index (χ2v) is 5.88. The summed E-state index contributed by atoms with van der Waals surface area (Å²) in [6.45, 7) is 5.58. The number of hydrogen-bond acceptors (Lipinski definition) is 4. The van der Waals surface area contributed by atoms with Crippen molar-refractivity contribution in [1.82, 2.24) is 20.0 Å². The standard InChI is InChI=1S/C15H19N5O2/c1-8-9(2)18-19-15(22)13(8)14(21)17-12-6-16-20(7-12)10(3)11-4-5-11/h6-7,10-11H,4-5H2,1-3H3,(H,17,21)(H,19,22). The molecule has 0 aliphatic heterocycles. The Labute approximate surface area is 127 Å². The fourth-order valence-electron chi connectivity index (χ4n) is 2.51. The highest BCUT2D eigenvalue weighted by Crippen LogP contribution is 2.39. The largest absolute Gasteiger partial charge is 0.319 e. The molecule has 1 saturated carbocycles. The van der Waals surface area contributed by atoms with Gasteiger partial charge in [0.2, 0.25) is 0 Å². The van der Waals surface area contributed by atoms with E-state index in [9.17, 15) is 9.59 Å². The van der Waals surface area contributed by atoms with Crippen LogP contribution in [0.5, 0.6) is 0 Å². The third-order valence-corrected chi connectivity index (χ3v) is 4.28. The molecule has 3 rings (SSSR count). The molecule has 2 aromatic heterocycles. The van der Waals surface area contributed by atoms with Crippen LogP contribution in [0, 0.1) is 19.8 Å². The predicted molar refractivity (Wildman–Crippen MR) is 81.9 cm³/mol. The van der Waals surface area contributed by atoms with Crippen molar-refractivity contribution < 1.29 is 4.79 Å². The van der Waals surface area contributed by atoms with E-state index in [1.807, 2.05) is 4.68 Å². The molecule has 1 unspecified atom stereocenters. The first-order chi connectivity index (χ1) is 10.5. The lowest BCUT2D eigenvalue weighted by Crippen LogP contribution is -2.26. The Morgan fingerprint density at radius 2 is 2.18 bits per heavy atom. The van der Waals surface area contributed by atoms with E-state index in [0.717, 1.165) is 0 Å². The van der Waals surface area contributed by atoms with Crippen molar-refractivity contribution in [3.63, 3.8) is 0 Å². The molecule has 2 heterocycles. The van der Waals surface area contributed by atoms with Crippen LogP contribution in [0.2, 0.25) is 0 Å². The lowest BCUT2D eigenvalue weighted by Gasteiger charge is -2.10. The summed E-state index contributed by atoms with van der Waals surface area (Å²) in [7, 11) is 0. The summed E-state index contributed by atoms with van der Waals surface area (Å²) < 4.78 is 1.86. The summed E-state index contributed by atoms with van der Waals surface area (Å²) in [6.07, 6.45) is 5.87. The minimum Gasteiger partial charge on any atom is -0.319 e. The molecule has 0 saturated heterocycles. The van der Waals surface area contributed by atoms with Crippen LogP contribution in [0.25, 0.3) is 0 Å². The second kappa shape index (κ2) is 5.40. The van der Waals surface area contributed by atoms with Gasteiger partial charge in [-0.2, -0.15) is 10.2 Å². The predicted octanol–water partition coefficient (Wildman–Crippen LogP) is 1.81. The summed E-state index contributed by atoms with van der Waals surface area (Å²) in [6, 6.07) is 0.332. The highest BCUT2D eigenvalue weighted by molar-refractivity contribution is 6.04. The second-order valence-electron chi connectivity index (χ2n) is 5.88. The number of carbonyl (C=O) groups is 1. The average molecular weight is 301 g/mol. The van der Waals surface area contributed by atoms with Gasteiger partial charge in [0.15, 0.2) is 0 Å². The van der Waals surface area contributed by atoms with E-state index in [-0.39, 0.29) is 5.56 Å². The molecule has 116 valence electrons. The van der Waals surface area contributed by atoms with E-state index >= 15 is 0 Å². The van der Waals surface area contributed by atoms with Gasteiger partial charge in [0.05, 0.1) is 23.6 Å². The number of carbonyl (C=O) groups excluding carboxylic acids is 1. The molecule has 0 spiro atoms. The van der Waals surface area contributed by atoms with Crippen LogP contribution in [0.4, 0.5) is 5.69 Å². The molecular formula is C15H19N5O2. The van der Waals surface area contributed by atoms with Gasteiger partial charge in [0, 0.05) is 6.20 Å². The summed E-state index contributed by atoms with van der Waals surface area (Å²) in [5, 5.41) is 13.2. The van der Waals surface area contributed by atoms with Crippen LogP contribution in [-0.4, -0.2) is 25.9 Å². The Hall–Kier alpha value is -2.44. The van der Waals surface area contributed by atoms with Crippen LogP contribution in [-0.2, 0) is 0 Å². The fourth-order valence-corrected chi connectivity index (χ4v) is 2.51. The van der Waals surface area contributed by atoms with E-state index in [1.165, 1.54) is 12.8 Å². The molecule has 0 radical (unpaired) electrons. The van der Waals surface area contributed by atoms with Crippen LogP contribution < -0.4 is 10.9 Å². The first-order valence-electron chi connectivity index (χ1n) is 7.38. The molecule has 1 aliphatic rings. The van der Waals surface area contributed by atoms with Gasteiger partial charge in [-0.3, -0.25) is 14.3 Å². The topological polar surface area (TPSA) is 92.7 Å². The number of nitrogens with one attached hydrogen (secondary N) is 2. The van der Waals surface area contributed by atoms with Gasteiger partial charge < -0.3 is 5.32 Å². The quantitative estimate of drug-likeness (QED) is 0.900. The van der Waals surface area contributed by atoms with Gasteiger partial charge >= 0.3 is 0 Å². The molecule has 7 heteroatoms. The SMILES string of the molecule is Cc1n[nH]c(=O)c(C(=O)Nc2cnn(C(C)C3CC3)c2)c1C. The van der Waals surface area contributed by atoms with E-state index in [1.54, 1.807) is 26.2 Å². The third-order valence-electron chi connectivity index (χ3n) is 4.28. The molecule has 1 amide bonds. The number of aromatic nitrogens is 4. The van der Waals surface area contributed by atoms with E-state index in [0.29, 0.717) is 28.9 Å². The van der Waals surface area contributed by atoms with Crippen molar-refractivity contribution in [3.8, 4) is 0 Å². The Kier molecular flexibility index (Phi) is 3.56. The molecule has 2 N–H and O–H groups in total. The van der Waals surface area contributed by atoms with Gasteiger partial charge in [0.25, 0.3) is 11.5 Å². The zero-order valence-corrected chi connectivity index (χ0v) is 12.9. The first-order valence-corrected chi connectivity index (χ1v) is 7.38. The Bertz CT molecular complexity index is 772. The molecule has 2 aromatic rings. The van der Waals surface area contributed by atoms with Gasteiger partial charge in [-0.05, 0) is 45.1 Å². The molecule has 0 bridgehead atoms. The van der Waals surface area contributed by atoms with E-state index < -0.39 is 11.5 Å². The lowest BCUT2D eigenvalue weighted by atomic mass is 10.1. The van der Waals surface area contributed by atoms with Crippen molar-refractivity contribution in [2.24, 2.45) is 5.92 Å². The maximum atomic E-state index is 12.3. The minimum absolute atomic E-state index is 0.0930. The van der Waals surface area contributed by atoms with E-state index in [4.69, 9.17) is 0 Å². The third kappa shape index (κ3) is 2.66. The number of nitrogens with zero attached hydrogens (tertiary/aromatic N) is 3. The molecule has 1 atom stereocenters. The zero-order valence-electron chi connectivity index (χ0n) is 12.9. The molecule has 22 heavy (non-hydrogen) atoms. The van der Waals surface area contributed by atoms with E-state index in [2.05, 4.69) is 27.5 Å². The Balaban J connectivity index is 1.80. The summed E-state index contributed by atoms with van der Waals surface area (Å²) in [5.74, 6) is 0.235. The Morgan fingerprint density at radius 3 is 2.86 bits per heavy atom. The molecule has 0 aromatic carbocycles. The molecule has 7 nitrogen and oxygen atoms in total. The average Bonchev–Trinajstić information content (AvgIpc) is 3.23. The Morgan fingerprint density at radius 1 is 1.45 bits per heavy atom. The van der Waals surface area contributed by atoms with Crippen LogP contribution in [0.3, 0.4) is 0 Å². The summed E-state index contributed by atoms with van der Waals surface area (Å²) in [4.78, 5) is 24.2. The number of aryl methyl sites for hydroxylation is 1. The van der Waals surface area contributed by atoms with Gasteiger partial charge in [-0.15, -0.1) is 0 Å². The maximum Gasteiger partial charge on any atom is 0.277 e. The smallest absolute Gasteiger partial charge is 0.277 e. The monoisotopic (exact) mass is 301 g/mol. The van der Waals surface area contributed by atoms with Crippen molar-refractivity contribution in [3.05, 3.63) is 39.6 Å².